The molecule has 1 aliphatic heterocycles. The van der Waals surface area contributed by atoms with Gasteiger partial charge < -0.3 is 14.6 Å². The molecule has 0 saturated carbocycles. The van der Waals surface area contributed by atoms with Crippen LogP contribution in [0.5, 0.6) is 0 Å². The standard InChI is InChI=1S/C20H16ClN3O3/c21-14-3-7-16(8-4-14)24-10-9-17(20(24)26)19(25)23-15-5-1-13(2-6-15)18-11-22-12-27-18/h1-8,11-12,17H,9-10H2,(H,23,25). The van der Waals surface area contributed by atoms with E-state index in [1.165, 1.54) is 6.39 Å². The Labute approximate surface area is 160 Å². The minimum Gasteiger partial charge on any atom is -0.444 e. The van der Waals surface area contributed by atoms with E-state index < -0.39 is 5.92 Å². The van der Waals surface area contributed by atoms with Crippen LogP contribution in [0, 0.1) is 5.92 Å². The number of hydrogen-bond donors (Lipinski definition) is 1. The van der Waals surface area contributed by atoms with Gasteiger partial charge in [-0.3, -0.25) is 9.59 Å². The van der Waals surface area contributed by atoms with Gasteiger partial charge in [-0.15, -0.1) is 0 Å². The first kappa shape index (κ1) is 17.3. The van der Waals surface area contributed by atoms with Crippen LogP contribution in [-0.2, 0) is 9.59 Å². The smallest absolute Gasteiger partial charge is 0.239 e. The monoisotopic (exact) mass is 381 g/mol. The highest BCUT2D eigenvalue weighted by Gasteiger charge is 2.37. The highest BCUT2D eigenvalue weighted by Crippen LogP contribution is 2.28. The topological polar surface area (TPSA) is 75.4 Å². The largest absolute Gasteiger partial charge is 0.444 e. The molecule has 0 bridgehead atoms. The maximum atomic E-state index is 12.6. The van der Waals surface area contributed by atoms with Gasteiger partial charge in [0.25, 0.3) is 0 Å². The lowest BCUT2D eigenvalue weighted by Gasteiger charge is -2.17. The second-order valence-corrected chi connectivity index (χ2v) is 6.68. The molecule has 1 aromatic heterocycles. The minimum absolute atomic E-state index is 0.201. The summed E-state index contributed by atoms with van der Waals surface area (Å²) in [6.45, 7) is 0.503. The van der Waals surface area contributed by atoms with E-state index in [2.05, 4.69) is 10.3 Å². The van der Waals surface area contributed by atoms with Gasteiger partial charge in [-0.1, -0.05) is 11.6 Å². The zero-order valence-electron chi connectivity index (χ0n) is 14.3. The van der Waals surface area contributed by atoms with Crippen molar-refractivity contribution >= 4 is 34.8 Å². The molecule has 0 radical (unpaired) electrons. The molecule has 1 aliphatic rings. The third kappa shape index (κ3) is 3.57. The summed E-state index contributed by atoms with van der Waals surface area (Å²) in [5.74, 6) is -0.552. The van der Waals surface area contributed by atoms with Crippen LogP contribution >= 0.6 is 11.6 Å². The lowest BCUT2D eigenvalue weighted by Crippen LogP contribution is -2.33. The first-order valence-corrected chi connectivity index (χ1v) is 8.86. The number of amides is 2. The van der Waals surface area contributed by atoms with Crippen LogP contribution in [0.4, 0.5) is 11.4 Å². The van der Waals surface area contributed by atoms with Crippen LogP contribution in [0.15, 0.2) is 65.5 Å². The molecular weight excluding hydrogens is 366 g/mol. The van der Waals surface area contributed by atoms with E-state index >= 15 is 0 Å². The maximum Gasteiger partial charge on any atom is 0.239 e. The van der Waals surface area contributed by atoms with Gasteiger partial charge in [-0.2, -0.15) is 0 Å². The number of benzene rings is 2. The summed E-state index contributed by atoms with van der Waals surface area (Å²) in [6.07, 6.45) is 3.46. The maximum absolute atomic E-state index is 12.6. The van der Waals surface area contributed by atoms with Crippen molar-refractivity contribution in [3.63, 3.8) is 0 Å². The van der Waals surface area contributed by atoms with Crippen molar-refractivity contribution in [1.82, 2.24) is 4.98 Å². The summed E-state index contributed by atoms with van der Waals surface area (Å²) < 4.78 is 5.24. The Balaban J connectivity index is 1.42. The average molecular weight is 382 g/mol. The molecule has 1 atom stereocenters. The second kappa shape index (κ2) is 7.25. The summed E-state index contributed by atoms with van der Waals surface area (Å²) in [6, 6.07) is 14.2. The lowest BCUT2D eigenvalue weighted by atomic mass is 10.1. The van der Waals surface area contributed by atoms with Gasteiger partial charge in [0.1, 0.15) is 5.92 Å². The molecule has 1 N–H and O–H groups in total. The van der Waals surface area contributed by atoms with Crippen LogP contribution < -0.4 is 10.2 Å². The average Bonchev–Trinajstić information content (AvgIpc) is 3.33. The Bertz CT molecular complexity index is 953. The number of rotatable bonds is 4. The van der Waals surface area contributed by atoms with E-state index in [4.69, 9.17) is 16.0 Å². The number of anilines is 2. The molecule has 2 aromatic carbocycles. The van der Waals surface area contributed by atoms with E-state index in [1.807, 2.05) is 12.1 Å². The molecule has 1 unspecified atom stereocenters. The van der Waals surface area contributed by atoms with Crippen molar-refractivity contribution in [3.05, 3.63) is 66.1 Å². The molecule has 4 rings (SSSR count). The SMILES string of the molecule is O=C(Nc1ccc(-c2cnco2)cc1)C1CCN(c2ccc(Cl)cc2)C1=O. The molecule has 3 aromatic rings. The van der Waals surface area contributed by atoms with E-state index in [0.717, 1.165) is 11.3 Å². The Kier molecular flexibility index (Phi) is 4.64. The van der Waals surface area contributed by atoms with E-state index in [0.29, 0.717) is 29.4 Å². The molecule has 1 fully saturated rings. The van der Waals surface area contributed by atoms with Crippen molar-refractivity contribution in [3.8, 4) is 11.3 Å². The van der Waals surface area contributed by atoms with Crippen LogP contribution in [0.1, 0.15) is 6.42 Å². The van der Waals surface area contributed by atoms with Crippen molar-refractivity contribution in [2.24, 2.45) is 5.92 Å². The fourth-order valence-electron chi connectivity index (χ4n) is 3.11. The van der Waals surface area contributed by atoms with Crippen LogP contribution in [0.25, 0.3) is 11.3 Å². The van der Waals surface area contributed by atoms with Crippen molar-refractivity contribution < 1.29 is 14.0 Å². The predicted molar refractivity (Wildman–Crippen MR) is 102 cm³/mol. The summed E-state index contributed by atoms with van der Waals surface area (Å²) in [5, 5.41) is 3.42. The highest BCUT2D eigenvalue weighted by atomic mass is 35.5. The first-order chi connectivity index (χ1) is 13.1. The van der Waals surface area contributed by atoms with Crippen molar-refractivity contribution in [2.75, 3.05) is 16.8 Å². The number of aromatic nitrogens is 1. The number of halogens is 1. The summed E-state index contributed by atoms with van der Waals surface area (Å²) in [5.41, 5.74) is 2.23. The van der Waals surface area contributed by atoms with E-state index in [9.17, 15) is 9.59 Å². The predicted octanol–water partition coefficient (Wildman–Crippen LogP) is 3.99. The van der Waals surface area contributed by atoms with Gasteiger partial charge in [0.15, 0.2) is 12.2 Å². The zero-order chi connectivity index (χ0) is 18.8. The second-order valence-electron chi connectivity index (χ2n) is 6.24. The van der Waals surface area contributed by atoms with Gasteiger partial charge in [0.2, 0.25) is 11.8 Å². The molecule has 1 saturated heterocycles. The third-order valence-electron chi connectivity index (χ3n) is 4.53. The minimum atomic E-state index is -0.699. The van der Waals surface area contributed by atoms with Crippen LogP contribution in [0.2, 0.25) is 5.02 Å². The third-order valence-corrected chi connectivity index (χ3v) is 4.78. The normalized spacial score (nSPS) is 16.6. The summed E-state index contributed by atoms with van der Waals surface area (Å²) >= 11 is 5.89. The molecule has 7 heteroatoms. The van der Waals surface area contributed by atoms with E-state index in [1.54, 1.807) is 47.5 Å². The fraction of sp³-hybridized carbons (Fsp3) is 0.150. The molecule has 2 heterocycles. The Morgan fingerprint density at radius 1 is 1.15 bits per heavy atom. The van der Waals surface area contributed by atoms with Gasteiger partial charge in [-0.05, 0) is 55.0 Å². The summed E-state index contributed by atoms with van der Waals surface area (Å²) in [7, 11) is 0. The summed E-state index contributed by atoms with van der Waals surface area (Å²) in [4.78, 5) is 30.7. The molecule has 0 aliphatic carbocycles. The Morgan fingerprint density at radius 3 is 2.56 bits per heavy atom. The number of nitrogens with zero attached hydrogens (tertiary/aromatic N) is 2. The van der Waals surface area contributed by atoms with Gasteiger partial charge in [0.05, 0.1) is 6.20 Å². The molecule has 2 amide bonds. The number of carbonyl (C=O) groups is 2. The van der Waals surface area contributed by atoms with Gasteiger partial charge in [0, 0.05) is 28.5 Å². The van der Waals surface area contributed by atoms with Crippen molar-refractivity contribution in [2.45, 2.75) is 6.42 Å². The van der Waals surface area contributed by atoms with E-state index in [-0.39, 0.29) is 11.8 Å². The molecule has 0 spiro atoms. The number of nitrogens with one attached hydrogen (secondary N) is 1. The van der Waals surface area contributed by atoms with Crippen LogP contribution in [-0.4, -0.2) is 23.3 Å². The Morgan fingerprint density at radius 2 is 1.89 bits per heavy atom. The quantitative estimate of drug-likeness (QED) is 0.693. The van der Waals surface area contributed by atoms with Crippen LogP contribution in [0.3, 0.4) is 0 Å². The van der Waals surface area contributed by atoms with Crippen molar-refractivity contribution in [1.29, 1.82) is 0 Å². The highest BCUT2D eigenvalue weighted by molar-refractivity contribution is 6.30. The Hall–Kier alpha value is -3.12. The zero-order valence-corrected chi connectivity index (χ0v) is 15.0. The van der Waals surface area contributed by atoms with Gasteiger partial charge in [-0.25, -0.2) is 4.98 Å². The van der Waals surface area contributed by atoms with Gasteiger partial charge >= 0.3 is 0 Å². The first-order valence-electron chi connectivity index (χ1n) is 8.48. The fourth-order valence-corrected chi connectivity index (χ4v) is 3.23. The number of hydrogen-bond acceptors (Lipinski definition) is 4. The number of carbonyl (C=O) groups excluding carboxylic acids is 2. The lowest BCUT2D eigenvalue weighted by molar-refractivity contribution is -0.129. The molecule has 6 nitrogen and oxygen atoms in total. The molecule has 136 valence electrons. The molecule has 27 heavy (non-hydrogen) atoms. The number of oxazole rings is 1. The molecular formula is C20H16ClN3O3.